The average molecular weight is 363 g/mol. The highest BCUT2D eigenvalue weighted by molar-refractivity contribution is 6.30. The molecule has 122 valence electrons. The number of hydrazine groups is 1. The molecular formula is C16H12Cl2N4O2. The second-order valence-corrected chi connectivity index (χ2v) is 6.37. The highest BCUT2D eigenvalue weighted by Crippen LogP contribution is 2.36. The van der Waals surface area contributed by atoms with E-state index in [1.165, 1.54) is 10.0 Å². The van der Waals surface area contributed by atoms with E-state index in [1.807, 2.05) is 0 Å². The van der Waals surface area contributed by atoms with Crippen LogP contribution < -0.4 is 10.6 Å². The van der Waals surface area contributed by atoms with Crippen LogP contribution in [-0.4, -0.2) is 22.1 Å². The van der Waals surface area contributed by atoms with Gasteiger partial charge < -0.3 is 10.6 Å². The summed E-state index contributed by atoms with van der Waals surface area (Å²) < 4.78 is 0. The molecule has 2 aromatic carbocycles. The predicted molar refractivity (Wildman–Crippen MR) is 89.1 cm³/mol. The summed E-state index contributed by atoms with van der Waals surface area (Å²) in [4.78, 5) is 24.9. The van der Waals surface area contributed by atoms with Crippen LogP contribution in [0, 0.1) is 0 Å². The normalized spacial score (nSPS) is 22.4. The van der Waals surface area contributed by atoms with Crippen LogP contribution in [0.4, 0.5) is 9.59 Å². The summed E-state index contributed by atoms with van der Waals surface area (Å²) >= 11 is 11.8. The van der Waals surface area contributed by atoms with Gasteiger partial charge in [0.1, 0.15) is 0 Å². The van der Waals surface area contributed by atoms with Gasteiger partial charge in [0.05, 0.1) is 0 Å². The molecule has 2 heterocycles. The molecule has 0 aromatic heterocycles. The Morgan fingerprint density at radius 2 is 1.00 bits per heavy atom. The van der Waals surface area contributed by atoms with Gasteiger partial charge in [0, 0.05) is 10.0 Å². The number of carbonyl (C=O) groups excluding carboxylic acids is 2. The molecule has 0 unspecified atom stereocenters. The van der Waals surface area contributed by atoms with Gasteiger partial charge in [-0.3, -0.25) is 0 Å². The van der Waals surface area contributed by atoms with E-state index in [0.717, 1.165) is 11.1 Å². The summed E-state index contributed by atoms with van der Waals surface area (Å²) in [5, 5.41) is 9.57. The zero-order chi connectivity index (χ0) is 16.8. The van der Waals surface area contributed by atoms with E-state index in [9.17, 15) is 9.59 Å². The van der Waals surface area contributed by atoms with Crippen molar-refractivity contribution in [3.63, 3.8) is 0 Å². The van der Waals surface area contributed by atoms with Crippen LogP contribution in [-0.2, 0) is 0 Å². The third-order valence-electron chi connectivity index (χ3n) is 4.03. The number of nitrogens with one attached hydrogen (secondary N) is 2. The van der Waals surface area contributed by atoms with Gasteiger partial charge in [-0.25, -0.2) is 19.6 Å². The van der Waals surface area contributed by atoms with E-state index in [2.05, 4.69) is 10.6 Å². The Bertz CT molecular complexity index is 740. The van der Waals surface area contributed by atoms with Crippen molar-refractivity contribution in [1.29, 1.82) is 0 Å². The first-order valence-electron chi connectivity index (χ1n) is 7.25. The number of halogens is 2. The monoisotopic (exact) mass is 362 g/mol. The maximum absolute atomic E-state index is 12.4. The highest BCUT2D eigenvalue weighted by Gasteiger charge is 2.51. The van der Waals surface area contributed by atoms with E-state index in [0.29, 0.717) is 10.0 Å². The molecule has 2 saturated heterocycles. The van der Waals surface area contributed by atoms with Gasteiger partial charge in [-0.1, -0.05) is 47.5 Å². The highest BCUT2D eigenvalue weighted by atomic mass is 35.5. The van der Waals surface area contributed by atoms with Gasteiger partial charge in [0.25, 0.3) is 0 Å². The molecule has 6 nitrogen and oxygen atoms in total. The maximum Gasteiger partial charge on any atom is 0.340 e. The standard InChI is InChI=1S/C16H12Cl2N4O2/c17-11-5-1-9(2-6-11)13-19-15(23)22-14(20-16(24)21(13)22)10-3-7-12(18)8-4-10/h1-8,13-14H,(H,19,23)(H,20,24)/t13-,14+. The molecule has 2 fully saturated rings. The fourth-order valence-corrected chi connectivity index (χ4v) is 3.16. The fourth-order valence-electron chi connectivity index (χ4n) is 2.91. The molecule has 2 aromatic rings. The van der Waals surface area contributed by atoms with Crippen LogP contribution in [0.1, 0.15) is 23.5 Å². The maximum atomic E-state index is 12.4. The van der Waals surface area contributed by atoms with Crippen molar-refractivity contribution in [3.8, 4) is 0 Å². The third-order valence-corrected chi connectivity index (χ3v) is 4.53. The van der Waals surface area contributed by atoms with Crippen LogP contribution >= 0.6 is 23.2 Å². The molecule has 2 atom stereocenters. The number of nitrogens with zero attached hydrogens (tertiary/aromatic N) is 2. The van der Waals surface area contributed by atoms with Crippen molar-refractivity contribution < 1.29 is 9.59 Å². The fraction of sp³-hybridized carbons (Fsp3) is 0.125. The quantitative estimate of drug-likeness (QED) is 0.855. The average Bonchev–Trinajstić information content (AvgIpc) is 3.08. The number of amides is 4. The van der Waals surface area contributed by atoms with Crippen LogP contribution in [0.2, 0.25) is 10.0 Å². The van der Waals surface area contributed by atoms with Crippen molar-refractivity contribution in [3.05, 3.63) is 69.7 Å². The number of hydrogen-bond donors (Lipinski definition) is 2. The van der Waals surface area contributed by atoms with Crippen molar-refractivity contribution in [2.45, 2.75) is 12.3 Å². The van der Waals surface area contributed by atoms with Gasteiger partial charge in [-0.05, 0) is 35.4 Å². The van der Waals surface area contributed by atoms with Crippen LogP contribution in [0.3, 0.4) is 0 Å². The Kier molecular flexibility index (Phi) is 3.51. The molecule has 0 spiro atoms. The van der Waals surface area contributed by atoms with E-state index in [-0.39, 0.29) is 12.1 Å². The SMILES string of the molecule is O=C1N[C@@H](c2ccc(Cl)cc2)N2C(=O)N[C@H](c3ccc(Cl)cc3)N12. The Labute approximate surface area is 147 Å². The predicted octanol–water partition coefficient (Wildman–Crippen LogP) is 3.66. The van der Waals surface area contributed by atoms with Gasteiger partial charge in [-0.15, -0.1) is 0 Å². The Hall–Kier alpha value is -2.44. The molecule has 2 N–H and O–H groups in total. The second-order valence-electron chi connectivity index (χ2n) is 5.50. The Balaban J connectivity index is 1.68. The first kappa shape index (κ1) is 15.1. The lowest BCUT2D eigenvalue weighted by Crippen LogP contribution is -2.36. The summed E-state index contributed by atoms with van der Waals surface area (Å²) in [6.07, 6.45) is -1.15. The molecule has 0 bridgehead atoms. The minimum absolute atomic E-state index is 0.353. The second kappa shape index (κ2) is 5.58. The summed E-state index contributed by atoms with van der Waals surface area (Å²) in [6, 6.07) is 13.3. The minimum Gasteiger partial charge on any atom is -0.310 e. The molecule has 4 amide bonds. The smallest absolute Gasteiger partial charge is 0.310 e. The van der Waals surface area contributed by atoms with Crippen LogP contribution in [0.5, 0.6) is 0 Å². The lowest BCUT2D eigenvalue weighted by Gasteiger charge is -2.24. The molecule has 2 aliphatic rings. The molecule has 0 saturated carbocycles. The lowest BCUT2D eigenvalue weighted by atomic mass is 10.2. The number of urea groups is 2. The van der Waals surface area contributed by atoms with E-state index in [4.69, 9.17) is 23.2 Å². The van der Waals surface area contributed by atoms with E-state index < -0.39 is 12.3 Å². The molecule has 0 aliphatic carbocycles. The number of rotatable bonds is 2. The van der Waals surface area contributed by atoms with Crippen molar-refractivity contribution in [1.82, 2.24) is 20.7 Å². The first-order valence-corrected chi connectivity index (χ1v) is 8.00. The van der Waals surface area contributed by atoms with Crippen LogP contribution in [0.15, 0.2) is 48.5 Å². The summed E-state index contributed by atoms with van der Waals surface area (Å²) in [6.45, 7) is 0. The Morgan fingerprint density at radius 3 is 1.33 bits per heavy atom. The molecule has 4 rings (SSSR count). The van der Waals surface area contributed by atoms with Crippen molar-refractivity contribution in [2.24, 2.45) is 0 Å². The molecule has 2 aliphatic heterocycles. The van der Waals surface area contributed by atoms with Crippen LogP contribution in [0.25, 0.3) is 0 Å². The van der Waals surface area contributed by atoms with E-state index in [1.54, 1.807) is 48.5 Å². The summed E-state index contributed by atoms with van der Waals surface area (Å²) in [7, 11) is 0. The Morgan fingerprint density at radius 1 is 0.667 bits per heavy atom. The van der Waals surface area contributed by atoms with Gasteiger partial charge in [0.15, 0.2) is 12.3 Å². The summed E-state index contributed by atoms with van der Waals surface area (Å²) in [5.74, 6) is 0. The minimum atomic E-state index is -0.577. The number of fused-ring (bicyclic) bond motifs is 1. The molecule has 0 radical (unpaired) electrons. The third kappa shape index (κ3) is 2.35. The van der Waals surface area contributed by atoms with Gasteiger partial charge in [-0.2, -0.15) is 0 Å². The lowest BCUT2D eigenvalue weighted by molar-refractivity contribution is 0.0672. The van der Waals surface area contributed by atoms with E-state index >= 15 is 0 Å². The zero-order valence-electron chi connectivity index (χ0n) is 12.2. The summed E-state index contributed by atoms with van der Waals surface area (Å²) in [5.41, 5.74) is 1.53. The van der Waals surface area contributed by atoms with Gasteiger partial charge >= 0.3 is 12.1 Å². The molecular weight excluding hydrogens is 351 g/mol. The van der Waals surface area contributed by atoms with Crippen molar-refractivity contribution >= 4 is 35.3 Å². The molecule has 24 heavy (non-hydrogen) atoms. The zero-order valence-corrected chi connectivity index (χ0v) is 13.8. The number of benzene rings is 2. The van der Waals surface area contributed by atoms with Crippen molar-refractivity contribution in [2.75, 3.05) is 0 Å². The van der Waals surface area contributed by atoms with Gasteiger partial charge in [0.2, 0.25) is 0 Å². The topological polar surface area (TPSA) is 64.7 Å². The number of hydrogen-bond acceptors (Lipinski definition) is 2. The largest absolute Gasteiger partial charge is 0.340 e. The first-order chi connectivity index (χ1) is 11.5. The molecule has 8 heteroatoms. The number of carbonyl (C=O) groups is 2.